The molecule has 0 bridgehead atoms. The maximum absolute atomic E-state index is 13.9. The number of piperidine rings is 1. The molecule has 12 heteroatoms. The van der Waals surface area contributed by atoms with Crippen LogP contribution in [0.1, 0.15) is 50.1 Å². The standard InChI is InChI=1S/C24H36N8O4/c1-17(2)15-31(32-27-21(26-28-32)18-9-8-12-29(16-18)24(34)35)23(33)22-25-19-10-4-5-11-20(19)30(22)13-6-7-14-36-3/h4-5,10-11,17-18,28H,6-9,12-16H2,1-3H3,(H,26,27)(H,34,35). The molecule has 3 N–H and O–H groups in total. The number of carbonyl (C=O) groups excluding carboxylic acids is 1. The Morgan fingerprint density at radius 1 is 1.28 bits per heavy atom. The Labute approximate surface area is 210 Å². The summed E-state index contributed by atoms with van der Waals surface area (Å²) in [6.07, 6.45) is 2.39. The lowest BCUT2D eigenvalue weighted by Crippen LogP contribution is -2.53. The van der Waals surface area contributed by atoms with E-state index >= 15 is 0 Å². The third-order valence-corrected chi connectivity index (χ3v) is 6.39. The number of imidazole rings is 1. The van der Waals surface area contributed by atoms with Crippen LogP contribution in [0.2, 0.25) is 0 Å². The van der Waals surface area contributed by atoms with E-state index in [9.17, 15) is 14.7 Å². The molecule has 1 unspecified atom stereocenters. The van der Waals surface area contributed by atoms with Crippen LogP contribution in [0.5, 0.6) is 0 Å². The first-order valence-electron chi connectivity index (χ1n) is 12.5. The molecule has 0 aliphatic carbocycles. The summed E-state index contributed by atoms with van der Waals surface area (Å²) >= 11 is 0. The lowest BCUT2D eigenvalue weighted by atomic mass is 9.97. The molecule has 0 spiro atoms. The first-order chi connectivity index (χ1) is 17.4. The van der Waals surface area contributed by atoms with Crippen molar-refractivity contribution in [3.63, 3.8) is 0 Å². The number of nitrogens with one attached hydrogen (secondary N) is 2. The van der Waals surface area contributed by atoms with E-state index in [0.29, 0.717) is 44.4 Å². The van der Waals surface area contributed by atoms with Gasteiger partial charge < -0.3 is 19.3 Å². The lowest BCUT2D eigenvalue weighted by molar-refractivity contribution is -0.0483. The summed E-state index contributed by atoms with van der Waals surface area (Å²) in [6.45, 7) is 6.69. The zero-order valence-corrected chi connectivity index (χ0v) is 21.2. The maximum Gasteiger partial charge on any atom is 0.407 e. The fourth-order valence-electron chi connectivity index (χ4n) is 4.62. The SMILES string of the molecule is COCCCCn1c(C(=O)N(CC(C)C)N2N=C(C3CCCN(C(=O)O)C3)NN2)nc2ccccc21. The first kappa shape index (κ1) is 25.7. The van der Waals surface area contributed by atoms with Crippen molar-refractivity contribution in [1.29, 1.82) is 0 Å². The third kappa shape index (κ3) is 5.71. The molecule has 2 aliphatic rings. The number of ether oxygens (including phenoxy) is 1. The molecule has 2 amide bonds. The number of hydrogen-bond acceptors (Lipinski definition) is 8. The molecule has 1 aromatic carbocycles. The van der Waals surface area contributed by atoms with Crippen molar-refractivity contribution >= 4 is 28.9 Å². The Morgan fingerprint density at radius 3 is 2.83 bits per heavy atom. The quantitative estimate of drug-likeness (QED) is 0.425. The number of carboxylic acid groups (broad SMARTS) is 1. The number of para-hydroxylation sites is 2. The third-order valence-electron chi connectivity index (χ3n) is 6.39. The van der Waals surface area contributed by atoms with Crippen LogP contribution in [-0.4, -0.2) is 81.0 Å². The topological polar surface area (TPSA) is 128 Å². The molecule has 1 atom stereocenters. The van der Waals surface area contributed by atoms with Crippen LogP contribution in [0, 0.1) is 11.8 Å². The van der Waals surface area contributed by atoms with Crippen LogP contribution in [0.15, 0.2) is 29.4 Å². The van der Waals surface area contributed by atoms with Gasteiger partial charge in [-0.25, -0.2) is 14.8 Å². The number of benzene rings is 1. The van der Waals surface area contributed by atoms with Gasteiger partial charge in [0, 0.05) is 45.8 Å². The predicted octanol–water partition coefficient (Wildman–Crippen LogP) is 2.50. The van der Waals surface area contributed by atoms with Crippen LogP contribution >= 0.6 is 0 Å². The van der Waals surface area contributed by atoms with E-state index in [1.807, 2.05) is 42.7 Å². The van der Waals surface area contributed by atoms with Crippen molar-refractivity contribution in [2.45, 2.75) is 46.1 Å². The smallest absolute Gasteiger partial charge is 0.407 e. The Kier molecular flexibility index (Phi) is 8.26. The molecular formula is C24H36N8O4. The van der Waals surface area contributed by atoms with Gasteiger partial charge in [-0.05, 0) is 43.7 Å². The maximum atomic E-state index is 13.9. The van der Waals surface area contributed by atoms with Gasteiger partial charge in [-0.3, -0.25) is 10.2 Å². The molecule has 0 saturated carbocycles. The monoisotopic (exact) mass is 500 g/mol. The number of likely N-dealkylation sites (tertiary alicyclic amines) is 1. The molecule has 0 radical (unpaired) electrons. The van der Waals surface area contributed by atoms with Gasteiger partial charge >= 0.3 is 12.0 Å². The van der Waals surface area contributed by atoms with Gasteiger partial charge in [0.05, 0.1) is 11.0 Å². The number of aryl methyl sites for hydroxylation is 1. The van der Waals surface area contributed by atoms with Crippen molar-refractivity contribution < 1.29 is 19.4 Å². The van der Waals surface area contributed by atoms with E-state index in [4.69, 9.17) is 9.72 Å². The van der Waals surface area contributed by atoms with Crippen LogP contribution in [-0.2, 0) is 11.3 Å². The highest BCUT2D eigenvalue weighted by Crippen LogP contribution is 2.22. The summed E-state index contributed by atoms with van der Waals surface area (Å²) in [6, 6.07) is 7.75. The summed E-state index contributed by atoms with van der Waals surface area (Å²) in [7, 11) is 1.68. The van der Waals surface area contributed by atoms with Gasteiger partial charge in [-0.2, -0.15) is 0 Å². The van der Waals surface area contributed by atoms with Crippen LogP contribution in [0.4, 0.5) is 4.79 Å². The molecule has 3 heterocycles. The average molecular weight is 501 g/mol. The van der Waals surface area contributed by atoms with Gasteiger partial charge in [-0.1, -0.05) is 26.0 Å². The second-order valence-corrected chi connectivity index (χ2v) is 9.64. The molecule has 1 saturated heterocycles. The molecule has 36 heavy (non-hydrogen) atoms. The average Bonchev–Trinajstić information content (AvgIpc) is 3.50. The zero-order valence-electron chi connectivity index (χ0n) is 21.2. The second-order valence-electron chi connectivity index (χ2n) is 9.64. The number of amides is 2. The van der Waals surface area contributed by atoms with E-state index in [0.717, 1.165) is 36.7 Å². The minimum Gasteiger partial charge on any atom is -0.465 e. The van der Waals surface area contributed by atoms with Gasteiger partial charge in [0.15, 0.2) is 0 Å². The minimum atomic E-state index is -0.927. The first-order valence-corrected chi connectivity index (χ1v) is 12.5. The number of hydrazone groups is 1. The second kappa shape index (κ2) is 11.6. The van der Waals surface area contributed by atoms with Gasteiger partial charge in [0.25, 0.3) is 0 Å². The molecule has 2 aromatic rings. The highest BCUT2D eigenvalue weighted by atomic mass is 16.5. The molecule has 1 aromatic heterocycles. The fraction of sp³-hybridized carbons (Fsp3) is 0.583. The van der Waals surface area contributed by atoms with Crippen molar-refractivity contribution in [3.8, 4) is 0 Å². The Balaban J connectivity index is 1.59. The number of methoxy groups -OCH3 is 1. The number of carbonyl (C=O) groups is 2. The fourth-order valence-corrected chi connectivity index (χ4v) is 4.62. The summed E-state index contributed by atoms with van der Waals surface area (Å²) < 4.78 is 7.16. The van der Waals surface area contributed by atoms with Crippen molar-refractivity contribution in [3.05, 3.63) is 30.1 Å². The molecule has 1 fully saturated rings. The number of amidine groups is 1. The largest absolute Gasteiger partial charge is 0.465 e. The summed E-state index contributed by atoms with van der Waals surface area (Å²) in [5.41, 5.74) is 7.72. The molecular weight excluding hydrogens is 464 g/mol. The zero-order chi connectivity index (χ0) is 25.7. The molecule has 12 nitrogen and oxygen atoms in total. The highest BCUT2D eigenvalue weighted by molar-refractivity contribution is 5.95. The molecule has 4 rings (SSSR count). The predicted molar refractivity (Wildman–Crippen MR) is 135 cm³/mol. The van der Waals surface area contributed by atoms with E-state index in [2.05, 4.69) is 16.1 Å². The van der Waals surface area contributed by atoms with Crippen molar-refractivity contribution in [2.24, 2.45) is 16.9 Å². The Morgan fingerprint density at radius 2 is 2.08 bits per heavy atom. The number of nitrogens with zero attached hydrogens (tertiary/aromatic N) is 6. The molecule has 2 aliphatic heterocycles. The van der Waals surface area contributed by atoms with Crippen LogP contribution < -0.4 is 11.0 Å². The van der Waals surface area contributed by atoms with Gasteiger partial charge in [-0.15, -0.1) is 15.9 Å². The van der Waals surface area contributed by atoms with Crippen molar-refractivity contribution in [2.75, 3.05) is 33.4 Å². The Hall–Kier alpha value is -3.38. The van der Waals surface area contributed by atoms with E-state index < -0.39 is 6.09 Å². The van der Waals surface area contributed by atoms with Crippen molar-refractivity contribution in [1.82, 2.24) is 35.6 Å². The van der Waals surface area contributed by atoms with E-state index in [1.54, 1.807) is 12.1 Å². The van der Waals surface area contributed by atoms with Crippen LogP contribution in [0.25, 0.3) is 11.0 Å². The van der Waals surface area contributed by atoms with E-state index in [1.165, 1.54) is 10.1 Å². The van der Waals surface area contributed by atoms with Gasteiger partial charge in [0.2, 0.25) is 5.82 Å². The number of unbranched alkanes of at least 4 members (excludes halogenated alkanes) is 1. The minimum absolute atomic E-state index is 0.0753. The van der Waals surface area contributed by atoms with E-state index in [-0.39, 0.29) is 17.7 Å². The van der Waals surface area contributed by atoms with Gasteiger partial charge in [0.1, 0.15) is 5.84 Å². The number of rotatable bonds is 10. The number of fused-ring (bicyclic) bond motifs is 1. The normalized spacial score (nSPS) is 18.0. The van der Waals surface area contributed by atoms with Crippen LogP contribution in [0.3, 0.4) is 0 Å². The number of aromatic nitrogens is 2. The summed E-state index contributed by atoms with van der Waals surface area (Å²) in [5, 5.41) is 17.0. The lowest BCUT2D eigenvalue weighted by Gasteiger charge is -2.30. The Bertz CT molecular complexity index is 1100. The summed E-state index contributed by atoms with van der Waals surface area (Å²) in [4.78, 5) is 31.5. The number of hydrogen-bond donors (Lipinski definition) is 3. The summed E-state index contributed by atoms with van der Waals surface area (Å²) in [5.74, 6) is 0.812. The highest BCUT2D eigenvalue weighted by Gasteiger charge is 2.34. The number of hydrazine groups is 3. The molecule has 196 valence electrons.